The molecule has 0 fully saturated rings. The van der Waals surface area contributed by atoms with Crippen molar-refractivity contribution in [2.24, 2.45) is 0 Å². The largest absolute Gasteiger partial charge is 0.368 e. The highest BCUT2D eigenvalue weighted by molar-refractivity contribution is 6.57. The molecule has 0 spiro atoms. The maximum Gasteiger partial charge on any atom is 0.281 e. The van der Waals surface area contributed by atoms with Gasteiger partial charge in [0.1, 0.15) is 11.4 Å². The van der Waals surface area contributed by atoms with E-state index in [9.17, 15) is 9.59 Å². The van der Waals surface area contributed by atoms with Gasteiger partial charge in [0.2, 0.25) is 0 Å². The highest BCUT2D eigenvalue weighted by Gasteiger charge is 2.03. The van der Waals surface area contributed by atoms with E-state index in [1.54, 1.807) is 9.36 Å². The van der Waals surface area contributed by atoms with Gasteiger partial charge in [0.05, 0.1) is 35.0 Å². The van der Waals surface area contributed by atoms with Crippen LogP contribution in [0.3, 0.4) is 0 Å². The molecule has 12 heteroatoms. The van der Waals surface area contributed by atoms with Gasteiger partial charge in [0.15, 0.2) is 0 Å². The Kier molecular flexibility index (Phi) is 7.41. The number of unbranched alkanes of at least 4 members (excludes halogenated alkanes) is 1. The Morgan fingerprint density at radius 1 is 0.875 bits per heavy atom. The second-order valence-electron chi connectivity index (χ2n) is 5.09. The third-order valence-corrected chi connectivity index (χ3v) is 3.49. The molecule has 0 aliphatic carbocycles. The number of nitrogens with one attached hydrogen (secondary N) is 2. The number of carbonyl (C=O) groups is 2. The Bertz CT molecular complexity index is 628. The summed E-state index contributed by atoms with van der Waals surface area (Å²) >= 11 is 4.11. The average molecular weight is 358 g/mol. The predicted molar refractivity (Wildman–Crippen MR) is 85.3 cm³/mol. The molecule has 2 N–H and O–H groups in total. The van der Waals surface area contributed by atoms with Crippen molar-refractivity contribution in [1.82, 2.24) is 40.6 Å². The van der Waals surface area contributed by atoms with Crippen molar-refractivity contribution >= 4 is 42.1 Å². The summed E-state index contributed by atoms with van der Waals surface area (Å²) in [7, 11) is 0. The van der Waals surface area contributed by atoms with E-state index in [2.05, 4.69) is 63.8 Å². The number of carbonyl (C=O) groups excluding carboxylic acids is 2. The summed E-state index contributed by atoms with van der Waals surface area (Å²) in [6.07, 6.45) is 5.46. The van der Waals surface area contributed by atoms with E-state index in [4.69, 9.17) is 0 Å². The van der Waals surface area contributed by atoms with Crippen molar-refractivity contribution in [3.63, 3.8) is 0 Å². The van der Waals surface area contributed by atoms with Crippen molar-refractivity contribution in [1.29, 1.82) is 0 Å². The lowest BCUT2D eigenvalue weighted by molar-refractivity contribution is 0.258. The quantitative estimate of drug-likeness (QED) is 0.443. The molecule has 0 saturated heterocycles. The second kappa shape index (κ2) is 9.55. The molecule has 24 heavy (non-hydrogen) atoms. The average Bonchev–Trinajstić information content (AvgIpc) is 3.17. The number of amides is 2. The van der Waals surface area contributed by atoms with Crippen LogP contribution in [-0.2, 0) is 26.2 Å². The standard InChI is InChI=1S/C12H16N8O2.2Al/c21-9-13-5-11-7-19(17-15-11)3-1-2-4-20-8-12(16-18-20)6-14-10-22;;/h7-8H,1-6H2,(H,13,21)(H,14,22);;. The molecule has 0 bridgehead atoms. The lowest BCUT2D eigenvalue weighted by Gasteiger charge is -2.01. The Hall–Kier alpha value is -1.72. The highest BCUT2D eigenvalue weighted by Crippen LogP contribution is 2.00. The van der Waals surface area contributed by atoms with Gasteiger partial charge in [-0.2, -0.15) is 0 Å². The monoisotopic (exact) mass is 358 g/mol. The number of hydrogen-bond acceptors (Lipinski definition) is 6. The summed E-state index contributed by atoms with van der Waals surface area (Å²) in [5, 5.41) is 21.3. The SMILES string of the molecule is O=[C]([Al])NCc1cn(CCCCn2cc(CN[C](=O)[Al])nn2)nn1. The first-order valence-electron chi connectivity index (χ1n) is 7.37. The smallest absolute Gasteiger partial charge is 0.281 e. The van der Waals surface area contributed by atoms with E-state index >= 15 is 0 Å². The van der Waals surface area contributed by atoms with E-state index in [1.807, 2.05) is 12.4 Å². The van der Waals surface area contributed by atoms with Crippen LogP contribution in [0.25, 0.3) is 0 Å². The van der Waals surface area contributed by atoms with Crippen LogP contribution in [0, 0.1) is 0 Å². The van der Waals surface area contributed by atoms with Crippen LogP contribution in [0.4, 0.5) is 9.59 Å². The summed E-state index contributed by atoms with van der Waals surface area (Å²) < 4.78 is 3.17. The first kappa shape index (κ1) is 18.6. The summed E-state index contributed by atoms with van der Waals surface area (Å²) in [4.78, 5) is 21.6. The van der Waals surface area contributed by atoms with Gasteiger partial charge in [-0.25, -0.2) is 0 Å². The Morgan fingerprint density at radius 3 is 1.67 bits per heavy atom. The molecule has 0 unspecified atom stereocenters. The van der Waals surface area contributed by atoms with Gasteiger partial charge in [-0.1, -0.05) is 10.4 Å². The van der Waals surface area contributed by atoms with E-state index in [1.165, 1.54) is 0 Å². The molecule has 2 rings (SSSR count). The molecule has 0 atom stereocenters. The topological polar surface area (TPSA) is 120 Å². The van der Waals surface area contributed by atoms with Crippen molar-refractivity contribution in [2.45, 2.75) is 39.0 Å². The molecule has 0 aromatic carbocycles. The van der Waals surface area contributed by atoms with Gasteiger partial charge < -0.3 is 20.2 Å². The van der Waals surface area contributed by atoms with Gasteiger partial charge in [0.25, 0.3) is 32.6 Å². The van der Waals surface area contributed by atoms with Crippen LogP contribution in [-0.4, -0.2) is 72.1 Å². The Morgan fingerprint density at radius 2 is 1.29 bits per heavy atom. The van der Waals surface area contributed by atoms with Gasteiger partial charge in [0, 0.05) is 13.1 Å². The number of rotatable bonds is 9. The van der Waals surface area contributed by atoms with Crippen molar-refractivity contribution in [3.05, 3.63) is 23.8 Å². The first-order chi connectivity index (χ1) is 11.5. The van der Waals surface area contributed by atoms with E-state index in [0.717, 1.165) is 37.3 Å². The van der Waals surface area contributed by atoms with Crippen molar-refractivity contribution in [3.8, 4) is 0 Å². The maximum absolute atomic E-state index is 10.8. The fraction of sp³-hybridized carbons (Fsp3) is 0.500. The van der Waals surface area contributed by atoms with Crippen LogP contribution < -0.4 is 10.6 Å². The molecule has 122 valence electrons. The molecule has 4 radical (unpaired) electrons. The van der Waals surface area contributed by atoms with Crippen LogP contribution in [0.1, 0.15) is 24.2 Å². The summed E-state index contributed by atoms with van der Waals surface area (Å²) in [5.74, 6) is 0. The number of aromatic nitrogens is 6. The zero-order chi connectivity index (χ0) is 17.4. The third-order valence-electron chi connectivity index (χ3n) is 3.08. The number of hydrogen-bond donors (Lipinski definition) is 2. The minimum absolute atomic E-state index is 0.172. The molecule has 2 aromatic heterocycles. The van der Waals surface area contributed by atoms with E-state index in [0.29, 0.717) is 13.1 Å². The maximum atomic E-state index is 10.8. The summed E-state index contributed by atoms with van der Waals surface area (Å²) in [6, 6.07) is 0. The van der Waals surface area contributed by atoms with Gasteiger partial charge in [-0.15, -0.1) is 10.2 Å². The van der Waals surface area contributed by atoms with Crippen molar-refractivity contribution in [2.75, 3.05) is 0 Å². The molecule has 2 aromatic rings. The molecule has 2 amide bonds. The number of aryl methyl sites for hydroxylation is 2. The van der Waals surface area contributed by atoms with E-state index < -0.39 is 0 Å². The highest BCUT2D eigenvalue weighted by atomic mass is 27.1. The Labute approximate surface area is 155 Å². The van der Waals surface area contributed by atoms with Gasteiger partial charge >= 0.3 is 0 Å². The zero-order valence-electron chi connectivity index (χ0n) is 13.1. The summed E-state index contributed by atoms with van der Waals surface area (Å²) in [6.45, 7) is 2.23. The van der Waals surface area contributed by atoms with Gasteiger partial charge in [-0.3, -0.25) is 9.36 Å². The van der Waals surface area contributed by atoms with Crippen molar-refractivity contribution < 1.29 is 9.59 Å². The number of nitrogens with zero attached hydrogens (tertiary/aromatic N) is 6. The second-order valence-corrected chi connectivity index (χ2v) is 6.14. The Balaban J connectivity index is 1.66. The normalized spacial score (nSPS) is 10.5. The van der Waals surface area contributed by atoms with Crippen LogP contribution in [0.2, 0.25) is 0 Å². The fourth-order valence-electron chi connectivity index (χ4n) is 1.96. The minimum Gasteiger partial charge on any atom is -0.368 e. The third kappa shape index (κ3) is 6.81. The first-order valence-corrected chi connectivity index (χ1v) is 8.53. The summed E-state index contributed by atoms with van der Waals surface area (Å²) in [5.41, 5.74) is 1.45. The molecule has 2 heterocycles. The van der Waals surface area contributed by atoms with Gasteiger partial charge in [-0.05, 0) is 12.8 Å². The molecular weight excluding hydrogens is 342 g/mol. The van der Waals surface area contributed by atoms with E-state index in [-0.39, 0.29) is 9.54 Å². The molecular formula is C12H16Al2N8O2. The minimum atomic E-state index is -0.172. The lowest BCUT2D eigenvalue weighted by Crippen LogP contribution is -2.20. The van der Waals surface area contributed by atoms with Crippen LogP contribution >= 0.6 is 0 Å². The molecule has 10 nitrogen and oxygen atoms in total. The van der Waals surface area contributed by atoms with Crippen LogP contribution in [0.5, 0.6) is 0 Å². The predicted octanol–water partition coefficient (Wildman–Crippen LogP) is -0.894. The lowest BCUT2D eigenvalue weighted by atomic mass is 10.3. The van der Waals surface area contributed by atoms with Crippen LogP contribution in [0.15, 0.2) is 12.4 Å². The zero-order valence-corrected chi connectivity index (χ0v) is 15.4. The molecule has 0 aliphatic rings. The molecule has 0 saturated carbocycles. The molecule has 0 aliphatic heterocycles. The fourth-order valence-corrected chi connectivity index (χ4v) is 2.16.